The number of carboxylic acid groups (broad SMARTS) is 1. The molecule has 110 valence electrons. The van der Waals surface area contributed by atoms with Gasteiger partial charge in [0.25, 0.3) is 0 Å². The van der Waals surface area contributed by atoms with Crippen molar-refractivity contribution in [2.45, 2.75) is 39.0 Å². The summed E-state index contributed by atoms with van der Waals surface area (Å²) in [6.45, 7) is 6.08. The molecule has 0 aliphatic rings. The largest absolute Gasteiger partial charge is 0.481 e. The summed E-state index contributed by atoms with van der Waals surface area (Å²) in [6.07, 6.45) is 0.820. The van der Waals surface area contributed by atoms with E-state index in [0.29, 0.717) is 6.54 Å². The van der Waals surface area contributed by atoms with Crippen molar-refractivity contribution in [1.82, 2.24) is 5.32 Å². The van der Waals surface area contributed by atoms with Crippen molar-refractivity contribution in [1.29, 1.82) is 0 Å². The van der Waals surface area contributed by atoms with Crippen LogP contribution >= 0.6 is 0 Å². The normalized spacial score (nSPS) is 12.8. The van der Waals surface area contributed by atoms with Crippen molar-refractivity contribution >= 4 is 11.9 Å². The summed E-state index contributed by atoms with van der Waals surface area (Å²) in [6, 6.07) is 9.58. The zero-order valence-corrected chi connectivity index (χ0v) is 12.3. The van der Waals surface area contributed by atoms with Crippen molar-refractivity contribution in [2.24, 2.45) is 5.92 Å². The molecule has 0 radical (unpaired) electrons. The summed E-state index contributed by atoms with van der Waals surface area (Å²) in [5, 5.41) is 11.7. The van der Waals surface area contributed by atoms with Gasteiger partial charge in [-0.2, -0.15) is 0 Å². The number of aliphatic carboxylic acids is 1. The monoisotopic (exact) mass is 277 g/mol. The Labute approximate surface area is 120 Å². The van der Waals surface area contributed by atoms with E-state index in [0.717, 1.165) is 12.0 Å². The first kappa shape index (κ1) is 16.2. The molecule has 4 nitrogen and oxygen atoms in total. The number of hydrogen-bond acceptors (Lipinski definition) is 2. The van der Waals surface area contributed by atoms with Gasteiger partial charge in [0, 0.05) is 13.0 Å². The number of carbonyl (C=O) groups excluding carboxylic acids is 1. The van der Waals surface area contributed by atoms with Crippen molar-refractivity contribution in [3.05, 3.63) is 35.9 Å². The third-order valence-corrected chi connectivity index (χ3v) is 3.66. The lowest BCUT2D eigenvalue weighted by molar-refractivity contribution is -0.138. The van der Waals surface area contributed by atoms with Crippen LogP contribution in [0.1, 0.15) is 39.2 Å². The van der Waals surface area contributed by atoms with Crippen molar-refractivity contribution in [3.63, 3.8) is 0 Å². The lowest BCUT2D eigenvalue weighted by Gasteiger charge is -2.25. The quantitative estimate of drug-likeness (QED) is 0.805. The summed E-state index contributed by atoms with van der Waals surface area (Å²) in [7, 11) is 0. The molecular weight excluding hydrogens is 254 g/mol. The smallest absolute Gasteiger partial charge is 0.303 e. The summed E-state index contributed by atoms with van der Waals surface area (Å²) < 4.78 is 0. The molecule has 4 heteroatoms. The third-order valence-electron chi connectivity index (χ3n) is 3.66. The first-order valence-corrected chi connectivity index (χ1v) is 6.93. The highest BCUT2D eigenvalue weighted by Gasteiger charge is 2.29. The second-order valence-electron chi connectivity index (χ2n) is 5.57. The predicted octanol–water partition coefficient (Wildman–Crippen LogP) is 2.58. The number of amides is 1. The van der Waals surface area contributed by atoms with E-state index in [1.165, 1.54) is 0 Å². The minimum Gasteiger partial charge on any atom is -0.481 e. The minimum absolute atomic E-state index is 0.0250. The average molecular weight is 277 g/mol. The van der Waals surface area contributed by atoms with E-state index in [4.69, 9.17) is 5.11 Å². The predicted molar refractivity (Wildman–Crippen MR) is 78.5 cm³/mol. The van der Waals surface area contributed by atoms with Crippen molar-refractivity contribution < 1.29 is 14.7 Å². The van der Waals surface area contributed by atoms with Gasteiger partial charge in [0.2, 0.25) is 5.91 Å². The van der Waals surface area contributed by atoms with Crippen LogP contribution in [0.25, 0.3) is 0 Å². The summed E-state index contributed by atoms with van der Waals surface area (Å²) in [5.41, 5.74) is 0.326. The summed E-state index contributed by atoms with van der Waals surface area (Å²) >= 11 is 0. The number of carboxylic acids is 1. The molecule has 1 rings (SSSR count). The van der Waals surface area contributed by atoms with E-state index in [1.807, 2.05) is 51.1 Å². The maximum absolute atomic E-state index is 12.3. The van der Waals surface area contributed by atoms with E-state index in [-0.39, 0.29) is 18.2 Å². The first-order valence-electron chi connectivity index (χ1n) is 6.93. The number of carbonyl (C=O) groups is 2. The van der Waals surface area contributed by atoms with Gasteiger partial charge in [-0.1, -0.05) is 43.7 Å². The minimum atomic E-state index is -0.826. The van der Waals surface area contributed by atoms with Gasteiger partial charge < -0.3 is 10.4 Å². The fraction of sp³-hybridized carbons (Fsp3) is 0.500. The number of nitrogens with one attached hydrogen (secondary N) is 1. The fourth-order valence-corrected chi connectivity index (χ4v) is 2.05. The molecule has 0 aliphatic heterocycles. The Morgan fingerprint density at radius 1 is 1.25 bits per heavy atom. The summed E-state index contributed by atoms with van der Waals surface area (Å²) in [5.74, 6) is -0.927. The highest BCUT2D eigenvalue weighted by molar-refractivity contribution is 5.87. The highest BCUT2D eigenvalue weighted by Crippen LogP contribution is 2.23. The van der Waals surface area contributed by atoms with Crippen molar-refractivity contribution in [3.8, 4) is 0 Å². The van der Waals surface area contributed by atoms with Crippen LogP contribution in [0, 0.1) is 5.92 Å². The molecule has 0 fully saturated rings. The lowest BCUT2D eigenvalue weighted by Crippen LogP contribution is -2.42. The van der Waals surface area contributed by atoms with E-state index in [1.54, 1.807) is 0 Å². The molecule has 0 saturated carbocycles. The van der Waals surface area contributed by atoms with E-state index in [9.17, 15) is 9.59 Å². The standard InChI is InChI=1S/C16H23NO3/c1-4-12(10-14(18)19)11-17-15(20)16(2,3)13-8-6-5-7-9-13/h5-9,12H,4,10-11H2,1-3H3,(H,17,20)(H,18,19). The van der Waals surface area contributed by atoms with Gasteiger partial charge in [0.1, 0.15) is 0 Å². The molecule has 0 aliphatic carbocycles. The molecule has 1 aromatic rings. The molecule has 1 amide bonds. The number of benzene rings is 1. The van der Waals surface area contributed by atoms with Crippen LogP contribution in [0.15, 0.2) is 30.3 Å². The van der Waals surface area contributed by atoms with Gasteiger partial charge in [-0.05, 0) is 25.3 Å². The molecule has 0 saturated heterocycles. The van der Waals surface area contributed by atoms with E-state index in [2.05, 4.69) is 5.32 Å². The van der Waals surface area contributed by atoms with Crippen molar-refractivity contribution in [2.75, 3.05) is 6.54 Å². The zero-order valence-electron chi connectivity index (χ0n) is 12.3. The van der Waals surface area contributed by atoms with E-state index < -0.39 is 11.4 Å². The molecule has 20 heavy (non-hydrogen) atoms. The molecule has 1 aromatic carbocycles. The Hall–Kier alpha value is -1.84. The van der Waals surface area contributed by atoms with Crippen LogP contribution < -0.4 is 5.32 Å². The number of hydrogen-bond donors (Lipinski definition) is 2. The Morgan fingerprint density at radius 2 is 1.85 bits per heavy atom. The van der Waals surface area contributed by atoms with Crippen LogP contribution in [0.4, 0.5) is 0 Å². The number of rotatable bonds is 7. The third kappa shape index (κ3) is 4.37. The van der Waals surface area contributed by atoms with Crippen LogP contribution in [0.2, 0.25) is 0 Å². The molecule has 2 N–H and O–H groups in total. The molecule has 0 heterocycles. The maximum atomic E-state index is 12.3. The Morgan fingerprint density at radius 3 is 2.35 bits per heavy atom. The second kappa shape index (κ2) is 7.08. The zero-order chi connectivity index (χ0) is 15.2. The van der Waals surface area contributed by atoms with Gasteiger partial charge >= 0.3 is 5.97 Å². The Kier molecular flexibility index (Phi) is 5.74. The highest BCUT2D eigenvalue weighted by atomic mass is 16.4. The van der Waals surface area contributed by atoms with E-state index >= 15 is 0 Å². The topological polar surface area (TPSA) is 66.4 Å². The molecule has 0 aromatic heterocycles. The molecule has 1 atom stereocenters. The van der Waals surface area contributed by atoms with Crippen LogP contribution in [0.5, 0.6) is 0 Å². The van der Waals surface area contributed by atoms with Gasteiger partial charge in [0.15, 0.2) is 0 Å². The SMILES string of the molecule is CCC(CNC(=O)C(C)(C)c1ccccc1)CC(=O)O. The van der Waals surface area contributed by atoms with Gasteiger partial charge in [0.05, 0.1) is 5.41 Å². The van der Waals surface area contributed by atoms with Gasteiger partial charge in [-0.3, -0.25) is 9.59 Å². The Bertz CT molecular complexity index is 454. The lowest BCUT2D eigenvalue weighted by atomic mass is 9.83. The van der Waals surface area contributed by atoms with Crippen LogP contribution in [-0.2, 0) is 15.0 Å². The molecular formula is C16H23NO3. The average Bonchev–Trinajstić information content (AvgIpc) is 2.43. The molecule has 1 unspecified atom stereocenters. The van der Waals surface area contributed by atoms with Gasteiger partial charge in [-0.25, -0.2) is 0 Å². The summed E-state index contributed by atoms with van der Waals surface area (Å²) in [4.78, 5) is 23.0. The fourth-order valence-electron chi connectivity index (χ4n) is 2.05. The second-order valence-corrected chi connectivity index (χ2v) is 5.57. The first-order chi connectivity index (χ1) is 9.37. The van der Waals surface area contributed by atoms with Crippen LogP contribution in [-0.4, -0.2) is 23.5 Å². The molecule has 0 bridgehead atoms. The maximum Gasteiger partial charge on any atom is 0.303 e. The van der Waals surface area contributed by atoms with Gasteiger partial charge in [-0.15, -0.1) is 0 Å². The Balaban J connectivity index is 2.64. The molecule has 0 spiro atoms. The van der Waals surface area contributed by atoms with Crippen LogP contribution in [0.3, 0.4) is 0 Å².